The highest BCUT2D eigenvalue weighted by Gasteiger charge is 2.28. The predicted molar refractivity (Wildman–Crippen MR) is 171 cm³/mol. The first kappa shape index (κ1) is 29.0. The van der Waals surface area contributed by atoms with Crippen LogP contribution < -0.4 is 30.9 Å². The largest absolute Gasteiger partial charge is 0.490 e. The maximum atomic E-state index is 13.6. The van der Waals surface area contributed by atoms with Crippen molar-refractivity contribution in [3.8, 4) is 11.5 Å². The van der Waals surface area contributed by atoms with Gasteiger partial charge in [-0.3, -0.25) is 13.9 Å². The van der Waals surface area contributed by atoms with E-state index in [0.717, 1.165) is 35.1 Å². The van der Waals surface area contributed by atoms with Crippen molar-refractivity contribution in [1.82, 2.24) is 19.1 Å². The zero-order valence-corrected chi connectivity index (χ0v) is 25.7. The van der Waals surface area contributed by atoms with Crippen LogP contribution in [-0.2, 0) is 7.05 Å². The van der Waals surface area contributed by atoms with E-state index >= 15 is 0 Å². The summed E-state index contributed by atoms with van der Waals surface area (Å²) in [6.45, 7) is 8.22. The van der Waals surface area contributed by atoms with Crippen molar-refractivity contribution in [3.63, 3.8) is 0 Å². The number of benzene rings is 2. The first-order chi connectivity index (χ1) is 20.9. The van der Waals surface area contributed by atoms with Gasteiger partial charge in [0.1, 0.15) is 5.82 Å². The Labute approximate surface area is 251 Å². The van der Waals surface area contributed by atoms with Gasteiger partial charge in [-0.05, 0) is 64.7 Å². The van der Waals surface area contributed by atoms with Gasteiger partial charge in [0, 0.05) is 43.7 Å². The van der Waals surface area contributed by atoms with E-state index in [1.807, 2.05) is 51.1 Å². The first-order valence-electron chi connectivity index (χ1n) is 15.7. The van der Waals surface area contributed by atoms with Gasteiger partial charge in [-0.15, -0.1) is 0 Å². The second-order valence-electron chi connectivity index (χ2n) is 11.8. The zero-order valence-electron chi connectivity index (χ0n) is 25.7. The number of aryl methyl sites for hydroxylation is 2. The lowest BCUT2D eigenvalue weighted by Gasteiger charge is -2.34. The van der Waals surface area contributed by atoms with E-state index in [1.54, 1.807) is 11.6 Å². The molecule has 2 aliphatic rings. The number of aromatic nitrogens is 4. The number of anilines is 2. The summed E-state index contributed by atoms with van der Waals surface area (Å²) < 4.78 is 14.9. The number of hydrogen-bond acceptors (Lipinski definition) is 8. The molecule has 0 radical (unpaired) electrons. The highest BCUT2D eigenvalue weighted by molar-refractivity contribution is 5.93. The molecule has 1 saturated heterocycles. The molecule has 6 rings (SSSR count). The Morgan fingerprint density at radius 2 is 1.58 bits per heavy atom. The third kappa shape index (κ3) is 5.67. The van der Waals surface area contributed by atoms with Crippen LogP contribution in [0.15, 0.2) is 39.9 Å². The van der Waals surface area contributed by atoms with Gasteiger partial charge in [0.2, 0.25) is 5.95 Å². The van der Waals surface area contributed by atoms with Crippen LogP contribution in [0.4, 0.5) is 11.8 Å². The van der Waals surface area contributed by atoms with Crippen LogP contribution in [0.1, 0.15) is 70.4 Å². The van der Waals surface area contributed by atoms with E-state index in [9.17, 15) is 9.59 Å². The van der Waals surface area contributed by atoms with Crippen molar-refractivity contribution >= 4 is 33.6 Å². The summed E-state index contributed by atoms with van der Waals surface area (Å²) in [6.07, 6.45) is 7.24. The molecule has 3 heterocycles. The van der Waals surface area contributed by atoms with Crippen LogP contribution in [0.25, 0.3) is 21.8 Å². The number of ether oxygens (including phenoxy) is 2. The molecule has 43 heavy (non-hydrogen) atoms. The Hall–Kier alpha value is -4.08. The fourth-order valence-electron chi connectivity index (χ4n) is 6.64. The third-order valence-corrected chi connectivity index (χ3v) is 8.86. The summed E-state index contributed by atoms with van der Waals surface area (Å²) in [5.74, 6) is 2.80. The summed E-state index contributed by atoms with van der Waals surface area (Å²) in [5.41, 5.74) is 1.98. The summed E-state index contributed by atoms with van der Waals surface area (Å²) >= 11 is 0. The lowest BCUT2D eigenvalue weighted by atomic mass is 9.96. The van der Waals surface area contributed by atoms with Crippen molar-refractivity contribution in [2.75, 3.05) is 36.5 Å². The molecule has 1 aliphatic carbocycles. The van der Waals surface area contributed by atoms with Gasteiger partial charge in [-0.25, -0.2) is 9.78 Å². The van der Waals surface area contributed by atoms with Crippen molar-refractivity contribution in [2.24, 2.45) is 7.05 Å². The van der Waals surface area contributed by atoms with Gasteiger partial charge in [0.05, 0.1) is 29.6 Å². The molecule has 0 amide bonds. The normalized spacial score (nSPS) is 16.6. The number of fused-ring (bicyclic) bond motifs is 2. The van der Waals surface area contributed by atoms with Gasteiger partial charge in [0.25, 0.3) is 5.56 Å². The minimum Gasteiger partial charge on any atom is -0.490 e. The number of hydrogen-bond donors (Lipinski definition) is 1. The third-order valence-electron chi connectivity index (χ3n) is 8.86. The van der Waals surface area contributed by atoms with Crippen molar-refractivity contribution in [3.05, 3.63) is 56.7 Å². The summed E-state index contributed by atoms with van der Waals surface area (Å²) in [5, 5.41) is 5.09. The van der Waals surface area contributed by atoms with Gasteiger partial charge in [-0.2, -0.15) is 4.98 Å². The van der Waals surface area contributed by atoms with Crippen LogP contribution in [0.5, 0.6) is 11.5 Å². The summed E-state index contributed by atoms with van der Waals surface area (Å²) in [6, 6.07) is 9.77. The topological polar surface area (TPSA) is 104 Å². The minimum absolute atomic E-state index is 0.191. The fraction of sp³-hybridized carbons (Fsp3) is 0.515. The highest BCUT2D eigenvalue weighted by Crippen LogP contribution is 2.38. The van der Waals surface area contributed by atoms with Crippen LogP contribution in [0, 0.1) is 6.92 Å². The fourth-order valence-corrected chi connectivity index (χ4v) is 6.64. The van der Waals surface area contributed by atoms with E-state index in [0.29, 0.717) is 73.5 Å². The lowest BCUT2D eigenvalue weighted by Crippen LogP contribution is -2.45. The molecule has 1 aliphatic heterocycles. The second-order valence-corrected chi connectivity index (χ2v) is 11.8. The van der Waals surface area contributed by atoms with Crippen LogP contribution in [-0.4, -0.2) is 51.4 Å². The number of nitrogens with zero attached hydrogens (tertiary/aromatic N) is 5. The summed E-state index contributed by atoms with van der Waals surface area (Å²) in [7, 11) is 1.74. The average molecular weight is 587 g/mol. The Morgan fingerprint density at radius 1 is 0.884 bits per heavy atom. The lowest BCUT2D eigenvalue weighted by molar-refractivity contribution is 0.288. The molecule has 228 valence electrons. The van der Waals surface area contributed by atoms with Crippen molar-refractivity contribution in [2.45, 2.75) is 77.8 Å². The van der Waals surface area contributed by atoms with Gasteiger partial charge in [0.15, 0.2) is 11.5 Å². The Balaban J connectivity index is 1.36. The average Bonchev–Trinajstić information content (AvgIpc) is 3.01. The van der Waals surface area contributed by atoms with Crippen LogP contribution in [0.3, 0.4) is 0 Å². The summed E-state index contributed by atoms with van der Waals surface area (Å²) in [4.78, 5) is 39.2. The van der Waals surface area contributed by atoms with Gasteiger partial charge in [-0.1, -0.05) is 30.9 Å². The Morgan fingerprint density at radius 3 is 2.28 bits per heavy atom. The predicted octanol–water partition coefficient (Wildman–Crippen LogP) is 5.34. The monoisotopic (exact) mass is 586 g/mol. The van der Waals surface area contributed by atoms with E-state index < -0.39 is 0 Å². The Bertz CT molecular complexity index is 1750. The molecule has 10 heteroatoms. The molecule has 10 nitrogen and oxygen atoms in total. The standard InChI is InChI=1S/C33H42N6O4/c1-5-42-28-19-24-26(20-29(28)43-6-2)35-32(34-22-10-8-7-9-11-22)36-30(24)38-16-14-23(15-17-38)39-31(40)25-18-21(3)12-13-27(25)37(4)33(39)41/h12-13,18-20,22-23H,5-11,14-17H2,1-4H3,(H,34,35,36). The molecule has 0 atom stereocenters. The van der Waals surface area contributed by atoms with Crippen LogP contribution >= 0.6 is 0 Å². The van der Waals surface area contributed by atoms with E-state index in [2.05, 4.69) is 10.2 Å². The van der Waals surface area contributed by atoms with E-state index in [4.69, 9.17) is 19.4 Å². The van der Waals surface area contributed by atoms with Gasteiger partial charge < -0.3 is 19.7 Å². The second kappa shape index (κ2) is 12.3. The molecular formula is C33H42N6O4. The minimum atomic E-state index is -0.268. The molecule has 2 aromatic heterocycles. The molecule has 2 fully saturated rings. The molecule has 1 N–H and O–H groups in total. The van der Waals surface area contributed by atoms with E-state index in [1.165, 1.54) is 23.8 Å². The van der Waals surface area contributed by atoms with Crippen LogP contribution in [0.2, 0.25) is 0 Å². The number of nitrogens with one attached hydrogen (secondary N) is 1. The number of rotatable bonds is 8. The highest BCUT2D eigenvalue weighted by atomic mass is 16.5. The maximum Gasteiger partial charge on any atom is 0.331 e. The SMILES string of the molecule is CCOc1cc2nc(NC3CCCCC3)nc(N3CCC(n4c(=O)c5cc(C)ccc5n(C)c4=O)CC3)c2cc1OCC. The van der Waals surface area contributed by atoms with Crippen molar-refractivity contribution < 1.29 is 9.47 Å². The molecule has 4 aromatic rings. The smallest absolute Gasteiger partial charge is 0.331 e. The molecule has 2 aromatic carbocycles. The molecule has 0 unspecified atom stereocenters. The number of piperidine rings is 1. The van der Waals surface area contributed by atoms with Gasteiger partial charge >= 0.3 is 5.69 Å². The zero-order chi connectivity index (χ0) is 30.1. The Kier molecular flexibility index (Phi) is 8.27. The quantitative estimate of drug-likeness (QED) is 0.295. The van der Waals surface area contributed by atoms with Crippen molar-refractivity contribution in [1.29, 1.82) is 0 Å². The molecule has 1 saturated carbocycles. The van der Waals surface area contributed by atoms with E-state index in [-0.39, 0.29) is 17.3 Å². The molecular weight excluding hydrogens is 544 g/mol. The molecule has 0 spiro atoms. The maximum absolute atomic E-state index is 13.6. The molecule has 0 bridgehead atoms. The first-order valence-corrected chi connectivity index (χ1v) is 15.7.